The smallest absolute Gasteiger partial charge is 0.308 e. The predicted octanol–water partition coefficient (Wildman–Crippen LogP) is 4.00. The Morgan fingerprint density at radius 2 is 1.67 bits per heavy atom. The number of hydrogen-bond acceptors (Lipinski definition) is 4. The van der Waals surface area contributed by atoms with Crippen molar-refractivity contribution in [1.82, 2.24) is 4.90 Å². The van der Waals surface area contributed by atoms with Crippen molar-refractivity contribution in [3.8, 4) is 5.75 Å². The fourth-order valence-electron chi connectivity index (χ4n) is 2.46. The molecular weight excluding hydrogens is 369 g/mol. The number of hydrogen-bond donors (Lipinski definition) is 0. The predicted molar refractivity (Wildman–Crippen MR) is 103 cm³/mol. The highest BCUT2D eigenvalue weighted by atomic mass is 32.2. The molecule has 0 N–H and O–H groups in total. The van der Waals surface area contributed by atoms with Crippen LogP contribution in [0.3, 0.4) is 0 Å². The Kier molecular flexibility index (Phi) is 6.96. The Morgan fingerprint density at radius 1 is 1.07 bits per heavy atom. The van der Waals surface area contributed by atoms with E-state index in [0.29, 0.717) is 12.1 Å². The van der Waals surface area contributed by atoms with Crippen molar-refractivity contribution in [3.05, 3.63) is 65.5 Å². The van der Waals surface area contributed by atoms with Crippen molar-refractivity contribution in [2.24, 2.45) is 0 Å². The minimum absolute atomic E-state index is 0.0149. The summed E-state index contributed by atoms with van der Waals surface area (Å²) in [6, 6.07) is 12.1. The van der Waals surface area contributed by atoms with Crippen LogP contribution in [-0.2, 0) is 16.7 Å². The lowest BCUT2D eigenvalue weighted by Crippen LogP contribution is -2.37. The van der Waals surface area contributed by atoms with Gasteiger partial charge in [-0.25, -0.2) is 4.39 Å². The standard InChI is InChI=1S/C20H24FNO4S/c1-4-15(3)22(20(23)17-8-10-18(21)11-9-17)14-16-6-12-19(13-7-16)26-27(24,25)5-2/h6-13,15H,4-5,14H2,1-3H3. The summed E-state index contributed by atoms with van der Waals surface area (Å²) in [4.78, 5) is 14.6. The van der Waals surface area contributed by atoms with Crippen LogP contribution in [0.15, 0.2) is 48.5 Å². The molecule has 0 bridgehead atoms. The monoisotopic (exact) mass is 393 g/mol. The van der Waals surface area contributed by atoms with E-state index in [0.717, 1.165) is 12.0 Å². The maximum Gasteiger partial charge on any atom is 0.308 e. The van der Waals surface area contributed by atoms with Gasteiger partial charge in [-0.05, 0) is 62.2 Å². The van der Waals surface area contributed by atoms with E-state index < -0.39 is 10.1 Å². The molecule has 0 aliphatic carbocycles. The third-order valence-electron chi connectivity index (χ3n) is 4.33. The van der Waals surface area contributed by atoms with Gasteiger partial charge in [-0.2, -0.15) is 8.42 Å². The highest BCUT2D eigenvalue weighted by Gasteiger charge is 2.21. The molecule has 2 aromatic rings. The van der Waals surface area contributed by atoms with Crippen molar-refractivity contribution in [2.75, 3.05) is 5.75 Å². The second-order valence-electron chi connectivity index (χ2n) is 6.27. The first-order valence-electron chi connectivity index (χ1n) is 8.83. The molecule has 1 amide bonds. The topological polar surface area (TPSA) is 63.7 Å². The van der Waals surface area contributed by atoms with Gasteiger partial charge in [0.25, 0.3) is 5.91 Å². The van der Waals surface area contributed by atoms with E-state index in [1.807, 2.05) is 13.8 Å². The highest BCUT2D eigenvalue weighted by molar-refractivity contribution is 7.87. The normalized spacial score (nSPS) is 12.4. The summed E-state index contributed by atoms with van der Waals surface area (Å²) < 4.78 is 41.1. The Hall–Kier alpha value is -2.41. The number of nitrogens with zero attached hydrogens (tertiary/aromatic N) is 1. The number of carbonyl (C=O) groups excluding carboxylic acids is 1. The second kappa shape index (κ2) is 8.99. The number of halogens is 1. The Balaban J connectivity index is 2.18. The fraction of sp³-hybridized carbons (Fsp3) is 0.350. The van der Waals surface area contributed by atoms with Crippen LogP contribution in [0.4, 0.5) is 4.39 Å². The zero-order valence-electron chi connectivity index (χ0n) is 15.7. The molecule has 1 unspecified atom stereocenters. The molecular formula is C20H24FNO4S. The summed E-state index contributed by atoms with van der Waals surface area (Å²) in [5.41, 5.74) is 1.26. The molecule has 0 heterocycles. The molecule has 2 aromatic carbocycles. The Labute approximate surface area is 159 Å². The molecule has 146 valence electrons. The van der Waals surface area contributed by atoms with Gasteiger partial charge in [0.05, 0.1) is 5.75 Å². The fourth-order valence-corrected chi connectivity index (χ4v) is 2.98. The van der Waals surface area contributed by atoms with Crippen molar-refractivity contribution < 1.29 is 21.8 Å². The number of benzene rings is 2. The third kappa shape index (κ3) is 5.79. The summed E-state index contributed by atoms with van der Waals surface area (Å²) >= 11 is 0. The lowest BCUT2D eigenvalue weighted by Gasteiger charge is -2.29. The summed E-state index contributed by atoms with van der Waals surface area (Å²) in [5.74, 6) is -0.444. The van der Waals surface area contributed by atoms with Crippen molar-refractivity contribution >= 4 is 16.0 Å². The van der Waals surface area contributed by atoms with E-state index >= 15 is 0 Å². The maximum absolute atomic E-state index is 13.1. The Morgan fingerprint density at radius 3 is 2.19 bits per heavy atom. The van der Waals surface area contributed by atoms with Gasteiger partial charge in [0.2, 0.25) is 0 Å². The van der Waals surface area contributed by atoms with Crippen LogP contribution in [0.1, 0.15) is 43.1 Å². The number of rotatable bonds is 8. The van der Waals surface area contributed by atoms with Crippen LogP contribution < -0.4 is 4.18 Å². The van der Waals surface area contributed by atoms with Crippen molar-refractivity contribution in [3.63, 3.8) is 0 Å². The molecule has 1 atom stereocenters. The summed E-state index contributed by atoms with van der Waals surface area (Å²) in [5, 5.41) is 0. The van der Waals surface area contributed by atoms with Gasteiger partial charge in [0, 0.05) is 18.2 Å². The van der Waals surface area contributed by atoms with Crippen LogP contribution in [0, 0.1) is 5.82 Å². The van der Waals surface area contributed by atoms with E-state index in [4.69, 9.17) is 4.18 Å². The molecule has 5 nitrogen and oxygen atoms in total. The molecule has 0 saturated heterocycles. The molecule has 0 aliphatic rings. The second-order valence-corrected chi connectivity index (χ2v) is 8.13. The van der Waals surface area contributed by atoms with Gasteiger partial charge in [-0.1, -0.05) is 19.1 Å². The number of carbonyl (C=O) groups is 1. The van der Waals surface area contributed by atoms with Crippen LogP contribution in [0.25, 0.3) is 0 Å². The van der Waals surface area contributed by atoms with E-state index in [-0.39, 0.29) is 29.3 Å². The highest BCUT2D eigenvalue weighted by Crippen LogP contribution is 2.19. The third-order valence-corrected chi connectivity index (χ3v) is 5.48. The first kappa shape index (κ1) is 20.9. The number of amides is 1. The lowest BCUT2D eigenvalue weighted by molar-refractivity contribution is 0.0671. The minimum atomic E-state index is -3.57. The van der Waals surface area contributed by atoms with Gasteiger partial charge in [0.15, 0.2) is 0 Å². The van der Waals surface area contributed by atoms with Crippen LogP contribution in [-0.4, -0.2) is 31.0 Å². The van der Waals surface area contributed by atoms with Crippen molar-refractivity contribution in [2.45, 2.75) is 39.8 Å². The van der Waals surface area contributed by atoms with E-state index in [9.17, 15) is 17.6 Å². The summed E-state index contributed by atoms with van der Waals surface area (Å²) in [6.45, 7) is 5.80. The van der Waals surface area contributed by atoms with E-state index in [1.54, 1.807) is 29.2 Å². The van der Waals surface area contributed by atoms with E-state index in [1.165, 1.54) is 31.2 Å². The summed E-state index contributed by atoms with van der Waals surface area (Å²) in [6.07, 6.45) is 0.767. The SMILES string of the molecule is CCC(C)N(Cc1ccc(OS(=O)(=O)CC)cc1)C(=O)c1ccc(F)cc1. The van der Waals surface area contributed by atoms with E-state index in [2.05, 4.69) is 0 Å². The average molecular weight is 393 g/mol. The van der Waals surface area contributed by atoms with Gasteiger partial charge < -0.3 is 9.08 Å². The molecule has 0 radical (unpaired) electrons. The molecule has 0 aromatic heterocycles. The lowest BCUT2D eigenvalue weighted by atomic mass is 10.1. The largest absolute Gasteiger partial charge is 0.382 e. The molecule has 27 heavy (non-hydrogen) atoms. The van der Waals surface area contributed by atoms with Gasteiger partial charge >= 0.3 is 10.1 Å². The van der Waals surface area contributed by atoms with Crippen molar-refractivity contribution in [1.29, 1.82) is 0 Å². The quantitative estimate of drug-likeness (QED) is 0.636. The molecule has 7 heteroatoms. The van der Waals surface area contributed by atoms with Gasteiger partial charge in [0.1, 0.15) is 11.6 Å². The van der Waals surface area contributed by atoms with Crippen LogP contribution in [0.2, 0.25) is 0 Å². The van der Waals surface area contributed by atoms with Crippen LogP contribution in [0.5, 0.6) is 5.75 Å². The Bertz CT molecular complexity index is 864. The van der Waals surface area contributed by atoms with Gasteiger partial charge in [-0.15, -0.1) is 0 Å². The molecule has 0 fully saturated rings. The summed E-state index contributed by atoms with van der Waals surface area (Å²) in [7, 11) is -3.57. The average Bonchev–Trinajstić information content (AvgIpc) is 2.66. The zero-order chi connectivity index (χ0) is 20.0. The first-order valence-corrected chi connectivity index (χ1v) is 10.4. The minimum Gasteiger partial charge on any atom is -0.382 e. The maximum atomic E-state index is 13.1. The molecule has 0 spiro atoms. The molecule has 2 rings (SSSR count). The first-order chi connectivity index (χ1) is 12.8. The molecule has 0 saturated carbocycles. The van der Waals surface area contributed by atoms with Gasteiger partial charge in [-0.3, -0.25) is 4.79 Å². The van der Waals surface area contributed by atoms with Crippen LogP contribution >= 0.6 is 0 Å². The molecule has 0 aliphatic heterocycles. The zero-order valence-corrected chi connectivity index (χ0v) is 16.5.